The van der Waals surface area contributed by atoms with Gasteiger partial charge in [-0.25, -0.2) is 4.39 Å². The van der Waals surface area contributed by atoms with Gasteiger partial charge >= 0.3 is 0 Å². The molecule has 2 aromatic carbocycles. The van der Waals surface area contributed by atoms with Gasteiger partial charge in [0.05, 0.1) is 25.6 Å². The predicted molar refractivity (Wildman–Crippen MR) is 77.7 cm³/mol. The van der Waals surface area contributed by atoms with E-state index in [1.807, 2.05) is 0 Å². The van der Waals surface area contributed by atoms with Crippen molar-refractivity contribution in [3.63, 3.8) is 0 Å². The van der Waals surface area contributed by atoms with Gasteiger partial charge in [0.25, 0.3) is 0 Å². The highest BCUT2D eigenvalue weighted by atomic mass is 19.1. The zero-order valence-electron chi connectivity index (χ0n) is 11.4. The van der Waals surface area contributed by atoms with Crippen LogP contribution in [0.25, 0.3) is 0 Å². The van der Waals surface area contributed by atoms with Gasteiger partial charge in [-0.05, 0) is 17.7 Å². The summed E-state index contributed by atoms with van der Waals surface area (Å²) in [6.45, 7) is 0.542. The molecular formula is C15H17FN2O2. The second kappa shape index (κ2) is 6.14. The first-order valence-electron chi connectivity index (χ1n) is 6.14. The van der Waals surface area contributed by atoms with E-state index in [9.17, 15) is 4.39 Å². The van der Waals surface area contributed by atoms with Crippen molar-refractivity contribution in [1.82, 2.24) is 0 Å². The van der Waals surface area contributed by atoms with Crippen molar-refractivity contribution in [2.45, 2.75) is 6.54 Å². The summed E-state index contributed by atoms with van der Waals surface area (Å²) < 4.78 is 23.2. The second-order valence-electron chi connectivity index (χ2n) is 4.27. The van der Waals surface area contributed by atoms with Crippen LogP contribution in [0.5, 0.6) is 11.5 Å². The lowest BCUT2D eigenvalue weighted by Gasteiger charge is -2.14. The summed E-state index contributed by atoms with van der Waals surface area (Å²) in [5.74, 6) is 0.931. The number of nitrogens with two attached hydrogens (primary N) is 1. The summed E-state index contributed by atoms with van der Waals surface area (Å²) in [4.78, 5) is 0. The average molecular weight is 276 g/mol. The Labute approximate surface area is 117 Å². The molecule has 0 unspecified atom stereocenters. The fourth-order valence-corrected chi connectivity index (χ4v) is 1.85. The van der Waals surface area contributed by atoms with Crippen molar-refractivity contribution >= 4 is 11.4 Å². The molecule has 106 valence electrons. The maximum Gasteiger partial charge on any atom is 0.162 e. The molecule has 0 aliphatic heterocycles. The number of hydrogen-bond acceptors (Lipinski definition) is 4. The molecule has 0 heterocycles. The predicted octanol–water partition coefficient (Wildman–Crippen LogP) is 3.04. The summed E-state index contributed by atoms with van der Waals surface area (Å²) in [5, 5.41) is 3.19. The number of ether oxygens (including phenoxy) is 2. The summed E-state index contributed by atoms with van der Waals surface area (Å²) >= 11 is 0. The van der Waals surface area contributed by atoms with E-state index in [-0.39, 0.29) is 5.82 Å². The van der Waals surface area contributed by atoms with Crippen LogP contribution in [0.15, 0.2) is 36.4 Å². The van der Waals surface area contributed by atoms with Crippen LogP contribution in [0, 0.1) is 5.82 Å². The Morgan fingerprint density at radius 1 is 1.05 bits per heavy atom. The summed E-state index contributed by atoms with van der Waals surface area (Å²) in [6.07, 6.45) is 0. The average Bonchev–Trinajstić information content (AvgIpc) is 2.47. The molecule has 0 aliphatic carbocycles. The first-order valence-corrected chi connectivity index (χ1v) is 6.14. The molecule has 3 N–H and O–H groups in total. The van der Waals surface area contributed by atoms with Crippen molar-refractivity contribution in [3.8, 4) is 11.5 Å². The molecule has 0 bridgehead atoms. The minimum absolute atomic E-state index is 0.251. The number of nitrogen functional groups attached to an aromatic ring is 1. The van der Waals surface area contributed by atoms with Crippen molar-refractivity contribution in [2.75, 3.05) is 25.3 Å². The van der Waals surface area contributed by atoms with E-state index in [0.717, 1.165) is 11.3 Å². The number of hydrogen-bond donors (Lipinski definition) is 2. The SMILES string of the molecule is COc1cc(N)c(NCc2ccc(F)cc2)cc1OC. The quantitative estimate of drug-likeness (QED) is 0.824. The molecule has 2 aromatic rings. The van der Waals surface area contributed by atoms with Gasteiger partial charge < -0.3 is 20.5 Å². The Kier molecular flexibility index (Phi) is 4.30. The molecule has 0 spiro atoms. The van der Waals surface area contributed by atoms with Crippen molar-refractivity contribution in [1.29, 1.82) is 0 Å². The zero-order valence-corrected chi connectivity index (χ0v) is 11.4. The largest absolute Gasteiger partial charge is 0.493 e. The molecule has 4 nitrogen and oxygen atoms in total. The van der Waals surface area contributed by atoms with E-state index in [0.29, 0.717) is 23.7 Å². The smallest absolute Gasteiger partial charge is 0.162 e. The van der Waals surface area contributed by atoms with E-state index < -0.39 is 0 Å². The molecule has 0 aliphatic rings. The van der Waals surface area contributed by atoms with Gasteiger partial charge in [0.15, 0.2) is 11.5 Å². The molecule has 0 atom stereocenters. The minimum atomic E-state index is -0.251. The molecule has 20 heavy (non-hydrogen) atoms. The van der Waals surface area contributed by atoms with Crippen molar-refractivity contribution in [3.05, 3.63) is 47.8 Å². The molecule has 0 aromatic heterocycles. The standard InChI is InChI=1S/C15H17FN2O2/c1-19-14-7-12(17)13(8-15(14)20-2)18-9-10-3-5-11(16)6-4-10/h3-8,18H,9,17H2,1-2H3. The van der Waals surface area contributed by atoms with Gasteiger partial charge in [0.1, 0.15) is 5.82 Å². The Hall–Kier alpha value is -2.43. The van der Waals surface area contributed by atoms with Gasteiger partial charge in [-0.1, -0.05) is 12.1 Å². The zero-order chi connectivity index (χ0) is 14.5. The van der Waals surface area contributed by atoms with Crippen molar-refractivity contribution in [2.24, 2.45) is 0 Å². The lowest BCUT2D eigenvalue weighted by atomic mass is 10.2. The third-order valence-corrected chi connectivity index (χ3v) is 2.95. The van der Waals surface area contributed by atoms with Gasteiger partial charge in [-0.15, -0.1) is 0 Å². The lowest BCUT2D eigenvalue weighted by Crippen LogP contribution is -2.04. The van der Waals surface area contributed by atoms with E-state index in [1.165, 1.54) is 12.1 Å². The van der Waals surface area contributed by atoms with Crippen LogP contribution >= 0.6 is 0 Å². The van der Waals surface area contributed by atoms with E-state index in [2.05, 4.69) is 5.32 Å². The Balaban J connectivity index is 2.14. The molecule has 2 rings (SSSR count). The topological polar surface area (TPSA) is 56.5 Å². The van der Waals surface area contributed by atoms with E-state index in [1.54, 1.807) is 38.5 Å². The summed E-state index contributed by atoms with van der Waals surface area (Å²) in [7, 11) is 3.13. The highest BCUT2D eigenvalue weighted by molar-refractivity contribution is 5.72. The Morgan fingerprint density at radius 3 is 2.25 bits per heavy atom. The molecule has 5 heteroatoms. The number of methoxy groups -OCH3 is 2. The first-order chi connectivity index (χ1) is 9.63. The van der Waals surface area contributed by atoms with Crippen LogP contribution in [0.4, 0.5) is 15.8 Å². The van der Waals surface area contributed by atoms with Crippen LogP contribution in [0.3, 0.4) is 0 Å². The number of halogens is 1. The summed E-state index contributed by atoms with van der Waals surface area (Å²) in [6, 6.07) is 9.77. The fraction of sp³-hybridized carbons (Fsp3) is 0.200. The van der Waals surface area contributed by atoms with Gasteiger partial charge in [0.2, 0.25) is 0 Å². The van der Waals surface area contributed by atoms with Crippen LogP contribution in [-0.2, 0) is 6.54 Å². The van der Waals surface area contributed by atoms with E-state index >= 15 is 0 Å². The van der Waals surface area contributed by atoms with Crippen LogP contribution in [-0.4, -0.2) is 14.2 Å². The maximum absolute atomic E-state index is 12.8. The molecule has 0 saturated carbocycles. The Morgan fingerprint density at radius 2 is 1.65 bits per heavy atom. The first kappa shape index (κ1) is 14.0. The maximum atomic E-state index is 12.8. The number of benzene rings is 2. The van der Waals surface area contributed by atoms with Crippen LogP contribution < -0.4 is 20.5 Å². The normalized spacial score (nSPS) is 10.2. The highest BCUT2D eigenvalue weighted by Gasteiger charge is 2.08. The molecule has 0 radical (unpaired) electrons. The third-order valence-electron chi connectivity index (χ3n) is 2.95. The fourth-order valence-electron chi connectivity index (χ4n) is 1.85. The van der Waals surface area contributed by atoms with E-state index in [4.69, 9.17) is 15.2 Å². The highest BCUT2D eigenvalue weighted by Crippen LogP contribution is 2.34. The Bertz CT molecular complexity index is 585. The summed E-state index contributed by atoms with van der Waals surface area (Å²) in [5.41, 5.74) is 8.21. The molecule has 0 saturated heterocycles. The van der Waals surface area contributed by atoms with Crippen molar-refractivity contribution < 1.29 is 13.9 Å². The minimum Gasteiger partial charge on any atom is -0.493 e. The lowest BCUT2D eigenvalue weighted by molar-refractivity contribution is 0.355. The van der Waals surface area contributed by atoms with Crippen LogP contribution in [0.2, 0.25) is 0 Å². The molecule has 0 amide bonds. The van der Waals surface area contributed by atoms with Gasteiger partial charge in [-0.3, -0.25) is 0 Å². The van der Waals surface area contributed by atoms with Gasteiger partial charge in [-0.2, -0.15) is 0 Å². The monoisotopic (exact) mass is 276 g/mol. The molecule has 0 fully saturated rings. The molecular weight excluding hydrogens is 259 g/mol. The number of nitrogens with one attached hydrogen (secondary N) is 1. The third kappa shape index (κ3) is 3.12. The van der Waals surface area contributed by atoms with Gasteiger partial charge in [0, 0.05) is 18.7 Å². The number of rotatable bonds is 5. The number of anilines is 2. The second-order valence-corrected chi connectivity index (χ2v) is 4.27. The van der Waals surface area contributed by atoms with Crippen LogP contribution in [0.1, 0.15) is 5.56 Å².